The number of ether oxygens (including phenoxy) is 1. The number of benzene rings is 1. The van der Waals surface area contributed by atoms with Crippen LogP contribution >= 0.6 is 11.6 Å². The summed E-state index contributed by atoms with van der Waals surface area (Å²) < 4.78 is 11.5. The third-order valence-electron chi connectivity index (χ3n) is 3.39. The van der Waals surface area contributed by atoms with Gasteiger partial charge in [-0.3, -0.25) is 0 Å². The van der Waals surface area contributed by atoms with Gasteiger partial charge in [-0.15, -0.1) is 0 Å². The highest BCUT2D eigenvalue weighted by Crippen LogP contribution is 2.22. The third-order valence-corrected chi connectivity index (χ3v) is 3.65. The summed E-state index contributed by atoms with van der Waals surface area (Å²) in [4.78, 5) is 0. The van der Waals surface area contributed by atoms with E-state index in [1.165, 1.54) is 18.4 Å². The Bertz CT molecular complexity index is 573. The lowest BCUT2D eigenvalue weighted by Crippen LogP contribution is -2.15. The number of rotatable bonds is 6. The van der Waals surface area contributed by atoms with Crippen LogP contribution in [0, 0.1) is 6.92 Å². The standard InChI is InChI=1S/C16H18ClNO2/c1-11-8-15(20-16(11)9-18-13-4-5-13)10-19-14-6-2-12(17)3-7-14/h2-3,6-8,13,18H,4-5,9-10H2,1H3. The molecule has 0 amide bonds. The van der Waals surface area contributed by atoms with Crippen molar-refractivity contribution in [1.82, 2.24) is 5.32 Å². The largest absolute Gasteiger partial charge is 0.486 e. The Morgan fingerprint density at radius 2 is 2.05 bits per heavy atom. The monoisotopic (exact) mass is 291 g/mol. The molecule has 1 aromatic heterocycles. The van der Waals surface area contributed by atoms with Crippen LogP contribution in [-0.4, -0.2) is 6.04 Å². The molecule has 0 saturated heterocycles. The van der Waals surface area contributed by atoms with Crippen LogP contribution in [0.25, 0.3) is 0 Å². The Morgan fingerprint density at radius 3 is 2.75 bits per heavy atom. The van der Waals surface area contributed by atoms with E-state index < -0.39 is 0 Å². The molecule has 0 radical (unpaired) electrons. The van der Waals surface area contributed by atoms with Gasteiger partial charge >= 0.3 is 0 Å². The molecule has 4 heteroatoms. The third kappa shape index (κ3) is 3.56. The highest BCUT2D eigenvalue weighted by atomic mass is 35.5. The number of furan rings is 1. The Hall–Kier alpha value is -1.45. The minimum Gasteiger partial charge on any atom is -0.486 e. The zero-order valence-corrected chi connectivity index (χ0v) is 12.2. The van der Waals surface area contributed by atoms with E-state index in [0.29, 0.717) is 17.7 Å². The molecular weight excluding hydrogens is 274 g/mol. The predicted molar refractivity (Wildman–Crippen MR) is 79.1 cm³/mol. The number of aryl methyl sites for hydroxylation is 1. The summed E-state index contributed by atoms with van der Waals surface area (Å²) in [6.07, 6.45) is 2.57. The molecule has 1 N–H and O–H groups in total. The van der Waals surface area contributed by atoms with Crippen LogP contribution in [0.3, 0.4) is 0 Å². The van der Waals surface area contributed by atoms with E-state index in [-0.39, 0.29) is 0 Å². The molecule has 1 heterocycles. The summed E-state index contributed by atoms with van der Waals surface area (Å²) >= 11 is 5.84. The van der Waals surface area contributed by atoms with Gasteiger partial charge in [-0.05, 0) is 55.7 Å². The highest BCUT2D eigenvalue weighted by molar-refractivity contribution is 6.30. The van der Waals surface area contributed by atoms with Crippen LogP contribution in [0.1, 0.15) is 29.9 Å². The predicted octanol–water partition coefficient (Wildman–Crippen LogP) is 4.07. The van der Waals surface area contributed by atoms with Crippen molar-refractivity contribution in [3.8, 4) is 5.75 Å². The maximum Gasteiger partial charge on any atom is 0.146 e. The lowest BCUT2D eigenvalue weighted by molar-refractivity contribution is 0.265. The van der Waals surface area contributed by atoms with E-state index in [4.69, 9.17) is 20.8 Å². The molecule has 0 atom stereocenters. The smallest absolute Gasteiger partial charge is 0.146 e. The first-order valence-corrected chi connectivity index (χ1v) is 7.28. The minimum absolute atomic E-state index is 0.436. The Kier molecular flexibility index (Phi) is 3.99. The molecular formula is C16H18ClNO2. The second kappa shape index (κ2) is 5.90. The van der Waals surface area contributed by atoms with Crippen molar-refractivity contribution in [2.75, 3.05) is 0 Å². The Balaban J connectivity index is 1.56. The first-order chi connectivity index (χ1) is 9.70. The van der Waals surface area contributed by atoms with Crippen molar-refractivity contribution in [1.29, 1.82) is 0 Å². The fourth-order valence-electron chi connectivity index (χ4n) is 2.05. The number of halogens is 1. The van der Waals surface area contributed by atoms with Crippen LogP contribution in [0.5, 0.6) is 5.75 Å². The average Bonchev–Trinajstić information content (AvgIpc) is 3.20. The van der Waals surface area contributed by atoms with E-state index >= 15 is 0 Å². The SMILES string of the molecule is Cc1cc(COc2ccc(Cl)cc2)oc1CNC1CC1. The van der Waals surface area contributed by atoms with E-state index in [2.05, 4.69) is 12.2 Å². The van der Waals surface area contributed by atoms with Gasteiger partial charge in [0.1, 0.15) is 23.9 Å². The average molecular weight is 292 g/mol. The molecule has 2 aromatic rings. The van der Waals surface area contributed by atoms with Gasteiger partial charge in [0.15, 0.2) is 0 Å². The van der Waals surface area contributed by atoms with Crippen LogP contribution in [0.15, 0.2) is 34.7 Å². The van der Waals surface area contributed by atoms with Gasteiger partial charge in [-0.1, -0.05) is 11.6 Å². The van der Waals surface area contributed by atoms with E-state index in [0.717, 1.165) is 23.8 Å². The summed E-state index contributed by atoms with van der Waals surface area (Å²) in [7, 11) is 0. The minimum atomic E-state index is 0.436. The Morgan fingerprint density at radius 1 is 1.30 bits per heavy atom. The zero-order valence-electron chi connectivity index (χ0n) is 11.5. The molecule has 1 aromatic carbocycles. The number of hydrogen-bond acceptors (Lipinski definition) is 3. The topological polar surface area (TPSA) is 34.4 Å². The summed E-state index contributed by atoms with van der Waals surface area (Å²) in [5, 5.41) is 4.17. The van der Waals surface area contributed by atoms with Gasteiger partial charge in [0.2, 0.25) is 0 Å². The van der Waals surface area contributed by atoms with Gasteiger partial charge in [0, 0.05) is 11.1 Å². The van der Waals surface area contributed by atoms with Gasteiger partial charge in [0.05, 0.1) is 6.54 Å². The van der Waals surface area contributed by atoms with E-state index in [1.807, 2.05) is 30.3 Å². The molecule has 0 unspecified atom stereocenters. The van der Waals surface area contributed by atoms with Gasteiger partial charge in [-0.2, -0.15) is 0 Å². The van der Waals surface area contributed by atoms with E-state index in [9.17, 15) is 0 Å². The molecule has 0 aliphatic heterocycles. The zero-order chi connectivity index (χ0) is 13.9. The normalized spacial score (nSPS) is 14.5. The molecule has 3 rings (SSSR count). The first kappa shape index (κ1) is 13.5. The van der Waals surface area contributed by atoms with Crippen molar-refractivity contribution in [2.45, 2.75) is 39.0 Å². The van der Waals surface area contributed by atoms with Crippen LogP contribution in [-0.2, 0) is 13.2 Å². The lowest BCUT2D eigenvalue weighted by Gasteiger charge is -2.04. The van der Waals surface area contributed by atoms with Crippen molar-refractivity contribution in [3.63, 3.8) is 0 Å². The second-order valence-electron chi connectivity index (χ2n) is 5.22. The fraction of sp³-hybridized carbons (Fsp3) is 0.375. The number of nitrogens with one attached hydrogen (secondary N) is 1. The molecule has 0 bridgehead atoms. The molecule has 1 saturated carbocycles. The molecule has 1 fully saturated rings. The quantitative estimate of drug-likeness (QED) is 0.871. The molecule has 106 valence electrons. The van der Waals surface area contributed by atoms with Gasteiger partial charge in [-0.25, -0.2) is 0 Å². The molecule has 20 heavy (non-hydrogen) atoms. The van der Waals surface area contributed by atoms with Crippen molar-refractivity contribution in [2.24, 2.45) is 0 Å². The highest BCUT2D eigenvalue weighted by Gasteiger charge is 2.21. The van der Waals surface area contributed by atoms with Crippen molar-refractivity contribution < 1.29 is 9.15 Å². The Labute approximate surface area is 123 Å². The lowest BCUT2D eigenvalue weighted by atomic mass is 10.2. The van der Waals surface area contributed by atoms with Gasteiger partial charge in [0.25, 0.3) is 0 Å². The molecule has 1 aliphatic rings. The van der Waals surface area contributed by atoms with Crippen molar-refractivity contribution in [3.05, 3.63) is 52.4 Å². The summed E-state index contributed by atoms with van der Waals surface area (Å²) in [5.74, 6) is 2.65. The maximum atomic E-state index is 5.84. The summed E-state index contributed by atoms with van der Waals surface area (Å²) in [6, 6.07) is 10.1. The first-order valence-electron chi connectivity index (χ1n) is 6.90. The fourth-order valence-corrected chi connectivity index (χ4v) is 2.17. The number of hydrogen-bond donors (Lipinski definition) is 1. The summed E-state index contributed by atoms with van der Waals surface area (Å²) in [6.45, 7) is 3.31. The maximum absolute atomic E-state index is 5.84. The van der Waals surface area contributed by atoms with Crippen LogP contribution < -0.4 is 10.1 Å². The molecule has 0 spiro atoms. The molecule has 3 nitrogen and oxygen atoms in total. The van der Waals surface area contributed by atoms with Gasteiger partial charge < -0.3 is 14.5 Å². The van der Waals surface area contributed by atoms with Crippen molar-refractivity contribution >= 4 is 11.6 Å². The second-order valence-corrected chi connectivity index (χ2v) is 5.65. The van der Waals surface area contributed by atoms with Crippen LogP contribution in [0.2, 0.25) is 5.02 Å². The summed E-state index contributed by atoms with van der Waals surface area (Å²) in [5.41, 5.74) is 1.17. The van der Waals surface area contributed by atoms with E-state index in [1.54, 1.807) is 0 Å². The van der Waals surface area contributed by atoms with Crippen LogP contribution in [0.4, 0.5) is 0 Å². The molecule has 1 aliphatic carbocycles.